The van der Waals surface area contributed by atoms with Gasteiger partial charge in [-0.1, -0.05) is 18.2 Å². The molecule has 1 saturated heterocycles. The molecule has 2 unspecified atom stereocenters. The highest BCUT2D eigenvalue weighted by Gasteiger charge is 2.28. The molecule has 2 heterocycles. The predicted octanol–water partition coefficient (Wildman–Crippen LogP) is 0.832. The molecule has 0 aliphatic carbocycles. The van der Waals surface area contributed by atoms with Gasteiger partial charge in [-0.3, -0.25) is 9.59 Å². The Bertz CT molecular complexity index is 558. The molecule has 5 nitrogen and oxygen atoms in total. The van der Waals surface area contributed by atoms with E-state index >= 15 is 0 Å². The topological polar surface area (TPSA) is 61.4 Å². The number of nitrogens with zero attached hydrogens (tertiary/aromatic N) is 1. The molecule has 1 aromatic carbocycles. The van der Waals surface area contributed by atoms with Gasteiger partial charge in [0.1, 0.15) is 6.04 Å². The summed E-state index contributed by atoms with van der Waals surface area (Å²) in [7, 11) is 0. The van der Waals surface area contributed by atoms with Gasteiger partial charge in [0.15, 0.2) is 0 Å². The molecule has 2 N–H and O–H groups in total. The summed E-state index contributed by atoms with van der Waals surface area (Å²) in [4.78, 5) is 25.4. The molecule has 3 rings (SSSR count). The molecule has 0 saturated carbocycles. The van der Waals surface area contributed by atoms with Crippen LogP contribution in [-0.2, 0) is 16.0 Å². The van der Waals surface area contributed by atoms with Crippen LogP contribution in [0.1, 0.15) is 25.3 Å². The largest absolute Gasteiger partial charge is 0.367 e. The predicted molar refractivity (Wildman–Crippen MR) is 81.1 cm³/mol. The van der Waals surface area contributed by atoms with E-state index in [1.165, 1.54) is 11.3 Å². The number of rotatable bonds is 4. The molecule has 2 aliphatic heterocycles. The number of hydrogen-bond acceptors (Lipinski definition) is 3. The number of para-hydroxylation sites is 1. The van der Waals surface area contributed by atoms with Crippen molar-refractivity contribution in [3.05, 3.63) is 29.8 Å². The summed E-state index contributed by atoms with van der Waals surface area (Å²) in [5.74, 6) is -0.0989. The lowest BCUT2D eigenvalue weighted by Gasteiger charge is -2.25. The van der Waals surface area contributed by atoms with Crippen molar-refractivity contribution >= 4 is 17.5 Å². The van der Waals surface area contributed by atoms with Crippen LogP contribution in [0.25, 0.3) is 0 Å². The SMILES string of the molecule is CC1Cc2ccccc2N1CCNC(=O)C1CCC(=O)N1. The van der Waals surface area contributed by atoms with Gasteiger partial charge in [0.05, 0.1) is 0 Å². The number of nitrogens with one attached hydrogen (secondary N) is 2. The average Bonchev–Trinajstić information content (AvgIpc) is 3.03. The summed E-state index contributed by atoms with van der Waals surface area (Å²) >= 11 is 0. The van der Waals surface area contributed by atoms with Crippen LogP contribution < -0.4 is 15.5 Å². The van der Waals surface area contributed by atoms with Gasteiger partial charge in [0.2, 0.25) is 11.8 Å². The zero-order chi connectivity index (χ0) is 14.8. The maximum atomic E-state index is 11.9. The Morgan fingerprint density at radius 2 is 2.24 bits per heavy atom. The van der Waals surface area contributed by atoms with Crippen molar-refractivity contribution in [2.45, 2.75) is 38.3 Å². The minimum Gasteiger partial charge on any atom is -0.367 e. The van der Waals surface area contributed by atoms with Crippen molar-refractivity contribution in [1.82, 2.24) is 10.6 Å². The van der Waals surface area contributed by atoms with Crippen molar-refractivity contribution in [1.29, 1.82) is 0 Å². The Balaban J connectivity index is 1.52. The molecule has 1 aromatic rings. The third-order valence-electron chi connectivity index (χ3n) is 4.31. The van der Waals surface area contributed by atoms with E-state index in [1.807, 2.05) is 0 Å². The third kappa shape index (κ3) is 2.86. The van der Waals surface area contributed by atoms with Crippen LogP contribution in [0.15, 0.2) is 24.3 Å². The molecule has 1 fully saturated rings. The molecule has 0 bridgehead atoms. The van der Waals surface area contributed by atoms with Gasteiger partial charge in [-0.15, -0.1) is 0 Å². The fourth-order valence-electron chi connectivity index (χ4n) is 3.20. The van der Waals surface area contributed by atoms with E-state index in [-0.39, 0.29) is 17.9 Å². The molecule has 2 atom stereocenters. The minimum atomic E-state index is -0.346. The Kier molecular flexibility index (Phi) is 3.82. The van der Waals surface area contributed by atoms with Gasteiger partial charge in [0.25, 0.3) is 0 Å². The van der Waals surface area contributed by atoms with Gasteiger partial charge in [-0.25, -0.2) is 0 Å². The van der Waals surface area contributed by atoms with Gasteiger partial charge >= 0.3 is 0 Å². The van der Waals surface area contributed by atoms with Gasteiger partial charge in [-0.05, 0) is 31.4 Å². The second kappa shape index (κ2) is 5.76. The highest BCUT2D eigenvalue weighted by Crippen LogP contribution is 2.31. The molecule has 0 spiro atoms. The first-order valence-corrected chi connectivity index (χ1v) is 7.57. The van der Waals surface area contributed by atoms with Crippen LogP contribution in [0.3, 0.4) is 0 Å². The fourth-order valence-corrected chi connectivity index (χ4v) is 3.20. The van der Waals surface area contributed by atoms with Crippen LogP contribution in [0.5, 0.6) is 0 Å². The first-order chi connectivity index (χ1) is 10.1. The lowest BCUT2D eigenvalue weighted by Crippen LogP contribution is -2.45. The number of benzene rings is 1. The molecule has 21 heavy (non-hydrogen) atoms. The van der Waals surface area contributed by atoms with E-state index in [1.54, 1.807) is 0 Å². The molecule has 0 radical (unpaired) electrons. The van der Waals surface area contributed by atoms with E-state index in [9.17, 15) is 9.59 Å². The maximum Gasteiger partial charge on any atom is 0.242 e. The van der Waals surface area contributed by atoms with Crippen LogP contribution in [0.2, 0.25) is 0 Å². The molecule has 2 amide bonds. The number of anilines is 1. The molecule has 5 heteroatoms. The zero-order valence-corrected chi connectivity index (χ0v) is 12.3. The van der Waals surface area contributed by atoms with Crippen molar-refractivity contribution in [3.63, 3.8) is 0 Å². The molecule has 2 aliphatic rings. The van der Waals surface area contributed by atoms with Crippen LogP contribution >= 0.6 is 0 Å². The lowest BCUT2D eigenvalue weighted by atomic mass is 10.1. The lowest BCUT2D eigenvalue weighted by molar-refractivity contribution is -0.125. The summed E-state index contributed by atoms with van der Waals surface area (Å²) in [5.41, 5.74) is 2.65. The highest BCUT2D eigenvalue weighted by atomic mass is 16.2. The second-order valence-electron chi connectivity index (χ2n) is 5.83. The monoisotopic (exact) mass is 287 g/mol. The van der Waals surface area contributed by atoms with E-state index in [4.69, 9.17) is 0 Å². The number of carbonyl (C=O) groups excluding carboxylic acids is 2. The summed E-state index contributed by atoms with van der Waals surface area (Å²) < 4.78 is 0. The van der Waals surface area contributed by atoms with E-state index in [0.717, 1.165) is 13.0 Å². The van der Waals surface area contributed by atoms with Crippen LogP contribution in [0, 0.1) is 0 Å². The summed E-state index contributed by atoms with van der Waals surface area (Å²) in [6, 6.07) is 8.54. The maximum absolute atomic E-state index is 11.9. The zero-order valence-electron chi connectivity index (χ0n) is 12.3. The van der Waals surface area contributed by atoms with Crippen LogP contribution in [0.4, 0.5) is 5.69 Å². The summed E-state index contributed by atoms with van der Waals surface area (Å²) in [6.07, 6.45) is 2.12. The van der Waals surface area contributed by atoms with Crippen molar-refractivity contribution in [2.24, 2.45) is 0 Å². The highest BCUT2D eigenvalue weighted by molar-refractivity contribution is 5.90. The molecule has 0 aromatic heterocycles. The standard InChI is InChI=1S/C16H21N3O2/c1-11-10-12-4-2-3-5-14(12)19(11)9-8-17-16(21)13-6-7-15(20)18-13/h2-5,11,13H,6-10H2,1H3,(H,17,21)(H,18,20). The van der Waals surface area contributed by atoms with Crippen molar-refractivity contribution < 1.29 is 9.59 Å². The summed E-state index contributed by atoms with van der Waals surface area (Å²) in [5, 5.41) is 5.62. The third-order valence-corrected chi connectivity index (χ3v) is 4.31. The van der Waals surface area contributed by atoms with Gasteiger partial charge in [-0.2, -0.15) is 0 Å². The van der Waals surface area contributed by atoms with Gasteiger partial charge in [0, 0.05) is 31.2 Å². The average molecular weight is 287 g/mol. The molecule has 112 valence electrons. The van der Waals surface area contributed by atoms with Crippen LogP contribution in [-0.4, -0.2) is 37.0 Å². The van der Waals surface area contributed by atoms with E-state index < -0.39 is 0 Å². The first-order valence-electron chi connectivity index (χ1n) is 7.57. The normalized spacial score (nSPS) is 23.9. The number of hydrogen-bond donors (Lipinski definition) is 2. The molecular formula is C16H21N3O2. The Morgan fingerprint density at radius 3 is 3.00 bits per heavy atom. The second-order valence-corrected chi connectivity index (χ2v) is 5.83. The Hall–Kier alpha value is -2.04. The van der Waals surface area contributed by atoms with Crippen molar-refractivity contribution in [3.8, 4) is 0 Å². The van der Waals surface area contributed by atoms with Crippen molar-refractivity contribution in [2.75, 3.05) is 18.0 Å². The van der Waals surface area contributed by atoms with E-state index in [0.29, 0.717) is 25.4 Å². The number of amides is 2. The number of carbonyl (C=O) groups is 2. The van der Waals surface area contributed by atoms with Gasteiger partial charge < -0.3 is 15.5 Å². The number of fused-ring (bicyclic) bond motifs is 1. The van der Waals surface area contributed by atoms with E-state index in [2.05, 4.69) is 46.7 Å². The quantitative estimate of drug-likeness (QED) is 0.862. The Labute approximate surface area is 124 Å². The Morgan fingerprint density at radius 1 is 1.43 bits per heavy atom. The smallest absolute Gasteiger partial charge is 0.242 e. The summed E-state index contributed by atoms with van der Waals surface area (Å²) in [6.45, 7) is 3.60. The molecular weight excluding hydrogens is 266 g/mol. The first kappa shape index (κ1) is 13.9. The minimum absolute atomic E-state index is 0.0303. The fraction of sp³-hybridized carbons (Fsp3) is 0.500.